The molecule has 3 nitrogen and oxygen atoms in total. The van der Waals surface area contributed by atoms with Gasteiger partial charge in [0.25, 0.3) is 0 Å². The second kappa shape index (κ2) is 6.43. The normalized spacial score (nSPS) is 12.2. The molecule has 1 atom stereocenters. The van der Waals surface area contributed by atoms with Crippen LogP contribution in [0.1, 0.15) is 31.4 Å². The van der Waals surface area contributed by atoms with Gasteiger partial charge in [-0.2, -0.15) is 0 Å². The van der Waals surface area contributed by atoms with Crippen molar-refractivity contribution >= 4 is 11.7 Å². The molecule has 0 heterocycles. The van der Waals surface area contributed by atoms with Gasteiger partial charge in [0.1, 0.15) is 0 Å². The van der Waals surface area contributed by atoms with E-state index in [1.165, 1.54) is 11.1 Å². The molecule has 0 spiro atoms. The van der Waals surface area contributed by atoms with Crippen LogP contribution < -0.4 is 4.90 Å². The molecule has 0 aliphatic carbocycles. The molecule has 0 saturated heterocycles. The summed E-state index contributed by atoms with van der Waals surface area (Å²) in [4.78, 5) is 13.1. The summed E-state index contributed by atoms with van der Waals surface area (Å²) >= 11 is 0. The van der Waals surface area contributed by atoms with Crippen LogP contribution in [0.25, 0.3) is 0 Å². The number of carboxylic acids is 1. The lowest BCUT2D eigenvalue weighted by atomic mass is 10.1. The van der Waals surface area contributed by atoms with Gasteiger partial charge in [-0.15, -0.1) is 0 Å². The molecule has 0 radical (unpaired) electrons. The van der Waals surface area contributed by atoms with Crippen LogP contribution in [0, 0.1) is 19.8 Å². The molecule has 0 fully saturated rings. The van der Waals surface area contributed by atoms with Crippen molar-refractivity contribution in [1.82, 2.24) is 0 Å². The number of carboxylic acid groups (broad SMARTS) is 1. The highest BCUT2D eigenvalue weighted by molar-refractivity contribution is 5.70. The first-order chi connectivity index (χ1) is 8.43. The minimum absolute atomic E-state index is 0.350. The third-order valence-electron chi connectivity index (χ3n) is 2.98. The molecular weight excluding hydrogens is 226 g/mol. The summed E-state index contributed by atoms with van der Waals surface area (Å²) in [5.41, 5.74) is 3.56. The van der Waals surface area contributed by atoms with Crippen molar-refractivity contribution in [3.8, 4) is 0 Å². The second-order valence-electron chi connectivity index (χ2n) is 5.03. The second-order valence-corrected chi connectivity index (χ2v) is 5.03. The zero-order valence-electron chi connectivity index (χ0n) is 11.7. The van der Waals surface area contributed by atoms with Crippen LogP contribution in [0.4, 0.5) is 5.69 Å². The summed E-state index contributed by atoms with van der Waals surface area (Å²) in [5, 5.41) is 9.03. The number of anilines is 1. The molecule has 3 heteroatoms. The first kappa shape index (κ1) is 14.6. The number of nitrogens with zero attached hydrogens (tertiary/aromatic N) is 1. The molecule has 0 aliphatic heterocycles. The van der Waals surface area contributed by atoms with Gasteiger partial charge in [0, 0.05) is 18.8 Å². The van der Waals surface area contributed by atoms with Gasteiger partial charge in [0.05, 0.1) is 5.92 Å². The molecule has 1 aromatic carbocycles. The van der Waals surface area contributed by atoms with Gasteiger partial charge in [-0.25, -0.2) is 0 Å². The molecular formula is C15H23NO2. The SMILES string of the molecule is CCCN(CC(C)C(=O)O)c1cc(C)cc(C)c1. The van der Waals surface area contributed by atoms with Gasteiger partial charge in [-0.1, -0.05) is 19.9 Å². The Bertz CT molecular complexity index is 395. The quantitative estimate of drug-likeness (QED) is 0.841. The molecule has 18 heavy (non-hydrogen) atoms. The van der Waals surface area contributed by atoms with E-state index in [1.807, 2.05) is 0 Å². The number of aryl methyl sites for hydroxylation is 2. The predicted molar refractivity (Wildman–Crippen MR) is 75.2 cm³/mol. The Balaban J connectivity index is 2.92. The maximum Gasteiger partial charge on any atom is 0.308 e. The lowest BCUT2D eigenvalue weighted by Gasteiger charge is -2.27. The molecule has 0 amide bonds. The number of aliphatic carboxylic acids is 1. The fourth-order valence-corrected chi connectivity index (χ4v) is 2.14. The van der Waals surface area contributed by atoms with E-state index in [-0.39, 0.29) is 5.92 Å². The van der Waals surface area contributed by atoms with Gasteiger partial charge in [-0.05, 0) is 43.5 Å². The fraction of sp³-hybridized carbons (Fsp3) is 0.533. The van der Waals surface area contributed by atoms with Crippen molar-refractivity contribution < 1.29 is 9.90 Å². The number of benzene rings is 1. The summed E-state index contributed by atoms with van der Waals surface area (Å²) in [6.45, 7) is 9.46. The van der Waals surface area contributed by atoms with E-state index in [0.29, 0.717) is 6.54 Å². The number of hydrogen-bond acceptors (Lipinski definition) is 2. The van der Waals surface area contributed by atoms with Gasteiger partial charge < -0.3 is 10.0 Å². The number of rotatable bonds is 6. The van der Waals surface area contributed by atoms with Crippen LogP contribution in [0.3, 0.4) is 0 Å². The third kappa shape index (κ3) is 4.06. The average molecular weight is 249 g/mol. The van der Waals surface area contributed by atoms with Crippen LogP contribution in [-0.4, -0.2) is 24.2 Å². The molecule has 1 aromatic rings. The van der Waals surface area contributed by atoms with Crippen molar-refractivity contribution in [3.63, 3.8) is 0 Å². The lowest BCUT2D eigenvalue weighted by molar-refractivity contribution is -0.140. The van der Waals surface area contributed by atoms with Crippen molar-refractivity contribution in [2.45, 2.75) is 34.1 Å². The molecule has 1 rings (SSSR count). The fourth-order valence-electron chi connectivity index (χ4n) is 2.14. The molecule has 0 aliphatic rings. The Morgan fingerprint density at radius 1 is 1.28 bits per heavy atom. The Morgan fingerprint density at radius 2 is 1.83 bits per heavy atom. The highest BCUT2D eigenvalue weighted by Crippen LogP contribution is 2.20. The van der Waals surface area contributed by atoms with Crippen molar-refractivity contribution in [1.29, 1.82) is 0 Å². The highest BCUT2D eigenvalue weighted by atomic mass is 16.4. The van der Waals surface area contributed by atoms with Crippen LogP contribution in [0.15, 0.2) is 18.2 Å². The Hall–Kier alpha value is -1.51. The first-order valence-electron chi connectivity index (χ1n) is 6.50. The van der Waals surface area contributed by atoms with E-state index >= 15 is 0 Å². The topological polar surface area (TPSA) is 40.5 Å². The van der Waals surface area contributed by atoms with Gasteiger partial charge >= 0.3 is 5.97 Å². The van der Waals surface area contributed by atoms with E-state index in [4.69, 9.17) is 5.11 Å². The molecule has 0 aromatic heterocycles. The third-order valence-corrected chi connectivity index (χ3v) is 2.98. The monoisotopic (exact) mass is 249 g/mol. The minimum Gasteiger partial charge on any atom is -0.481 e. The lowest BCUT2D eigenvalue weighted by Crippen LogP contribution is -2.32. The van der Waals surface area contributed by atoms with E-state index in [9.17, 15) is 4.79 Å². The zero-order valence-corrected chi connectivity index (χ0v) is 11.7. The zero-order chi connectivity index (χ0) is 13.7. The van der Waals surface area contributed by atoms with Crippen LogP contribution in [-0.2, 0) is 4.79 Å². The highest BCUT2D eigenvalue weighted by Gasteiger charge is 2.16. The predicted octanol–water partition coefficient (Wildman–Crippen LogP) is 3.24. The Labute approximate surface area is 109 Å². The molecule has 0 saturated carbocycles. The van der Waals surface area contributed by atoms with Crippen molar-refractivity contribution in [3.05, 3.63) is 29.3 Å². The number of hydrogen-bond donors (Lipinski definition) is 1. The maximum absolute atomic E-state index is 11.0. The van der Waals surface area contributed by atoms with Gasteiger partial charge in [0.15, 0.2) is 0 Å². The van der Waals surface area contributed by atoms with E-state index < -0.39 is 5.97 Å². The van der Waals surface area contributed by atoms with E-state index in [0.717, 1.165) is 18.7 Å². The average Bonchev–Trinajstić information content (AvgIpc) is 2.26. The molecule has 1 unspecified atom stereocenters. The van der Waals surface area contributed by atoms with E-state index in [2.05, 4.69) is 43.9 Å². The standard InChI is InChI=1S/C15H23NO2/c1-5-6-16(10-13(4)15(17)18)14-8-11(2)7-12(3)9-14/h7-9,13H,5-6,10H2,1-4H3,(H,17,18). The summed E-state index contributed by atoms with van der Waals surface area (Å²) in [6.07, 6.45) is 1.01. The Morgan fingerprint density at radius 3 is 2.28 bits per heavy atom. The van der Waals surface area contributed by atoms with Crippen LogP contribution >= 0.6 is 0 Å². The van der Waals surface area contributed by atoms with Crippen molar-refractivity contribution in [2.24, 2.45) is 5.92 Å². The molecule has 100 valence electrons. The Kier molecular flexibility index (Phi) is 5.20. The summed E-state index contributed by atoms with van der Waals surface area (Å²) < 4.78 is 0. The van der Waals surface area contributed by atoms with Crippen molar-refractivity contribution in [2.75, 3.05) is 18.0 Å². The molecule has 0 bridgehead atoms. The van der Waals surface area contributed by atoms with Gasteiger partial charge in [0.2, 0.25) is 0 Å². The smallest absolute Gasteiger partial charge is 0.308 e. The van der Waals surface area contributed by atoms with E-state index in [1.54, 1.807) is 6.92 Å². The maximum atomic E-state index is 11.0. The summed E-state index contributed by atoms with van der Waals surface area (Å²) in [7, 11) is 0. The molecule has 1 N–H and O–H groups in total. The first-order valence-corrected chi connectivity index (χ1v) is 6.50. The number of carbonyl (C=O) groups is 1. The van der Waals surface area contributed by atoms with Crippen LogP contribution in [0.2, 0.25) is 0 Å². The van der Waals surface area contributed by atoms with Crippen LogP contribution in [0.5, 0.6) is 0 Å². The largest absolute Gasteiger partial charge is 0.481 e. The van der Waals surface area contributed by atoms with Gasteiger partial charge in [-0.3, -0.25) is 4.79 Å². The summed E-state index contributed by atoms with van der Waals surface area (Å²) in [5.74, 6) is -1.09. The minimum atomic E-state index is -0.736. The summed E-state index contributed by atoms with van der Waals surface area (Å²) in [6, 6.07) is 6.38.